The number of carbonyl (C=O) groups is 2. The Morgan fingerprint density at radius 2 is 1.62 bits per heavy atom. The molecular weight excluding hydrogens is 386 g/mol. The van der Waals surface area contributed by atoms with Crippen LogP contribution in [0.25, 0.3) is 22.1 Å². The second-order valence-electron chi connectivity index (χ2n) is 6.79. The van der Waals surface area contributed by atoms with E-state index in [1.165, 1.54) is 16.7 Å². The van der Waals surface area contributed by atoms with Crippen molar-refractivity contribution in [2.75, 3.05) is 5.88 Å². The van der Waals surface area contributed by atoms with Gasteiger partial charge in [-0.15, -0.1) is 10.2 Å². The monoisotopic (exact) mass is 403 g/mol. The molecule has 0 bridgehead atoms. The van der Waals surface area contributed by atoms with Crippen molar-refractivity contribution in [2.24, 2.45) is 0 Å². The number of carbonyl (C=O) groups excluding carboxylic acids is 2. The molecule has 0 radical (unpaired) electrons. The molecule has 2 aromatic carbocycles. The largest absolute Gasteiger partial charge is 0.324 e. The standard InChI is InChI=1S/C21H17N5O2S/c1-2-11-25-16-10-6-5-9-15(16)17-18(25)22-21(24-23-17)29-12-26-19(27)13-7-3-4-8-14(13)20(26)28/h3-10H,2,11-12H2,1H3. The molecule has 0 unspecified atom stereocenters. The fourth-order valence-electron chi connectivity index (χ4n) is 3.68. The molecule has 29 heavy (non-hydrogen) atoms. The summed E-state index contributed by atoms with van der Waals surface area (Å²) in [5.41, 5.74) is 3.49. The van der Waals surface area contributed by atoms with Crippen LogP contribution >= 0.6 is 11.8 Å². The van der Waals surface area contributed by atoms with Crippen LogP contribution < -0.4 is 0 Å². The fourth-order valence-corrected chi connectivity index (χ4v) is 4.41. The van der Waals surface area contributed by atoms with Crippen LogP contribution in [0.1, 0.15) is 34.1 Å². The van der Waals surface area contributed by atoms with E-state index in [0.717, 1.165) is 35.0 Å². The number of amides is 2. The van der Waals surface area contributed by atoms with Gasteiger partial charge in [0.25, 0.3) is 11.8 Å². The molecule has 7 nitrogen and oxygen atoms in total. The van der Waals surface area contributed by atoms with Gasteiger partial charge >= 0.3 is 0 Å². The van der Waals surface area contributed by atoms with Crippen molar-refractivity contribution in [1.29, 1.82) is 0 Å². The van der Waals surface area contributed by atoms with Gasteiger partial charge in [-0.25, -0.2) is 4.98 Å². The molecule has 2 aromatic heterocycles. The highest BCUT2D eigenvalue weighted by Crippen LogP contribution is 2.29. The molecule has 8 heteroatoms. The van der Waals surface area contributed by atoms with E-state index in [2.05, 4.69) is 27.8 Å². The van der Waals surface area contributed by atoms with Gasteiger partial charge in [0.15, 0.2) is 5.65 Å². The van der Waals surface area contributed by atoms with Crippen molar-refractivity contribution in [1.82, 2.24) is 24.6 Å². The quantitative estimate of drug-likeness (QED) is 0.373. The summed E-state index contributed by atoms with van der Waals surface area (Å²) in [6.07, 6.45) is 0.968. The molecule has 3 heterocycles. The van der Waals surface area contributed by atoms with Crippen molar-refractivity contribution in [3.8, 4) is 0 Å². The molecule has 1 aliphatic rings. The third kappa shape index (κ3) is 2.79. The van der Waals surface area contributed by atoms with Gasteiger partial charge < -0.3 is 4.57 Å². The maximum absolute atomic E-state index is 12.5. The summed E-state index contributed by atoms with van der Waals surface area (Å²) in [7, 11) is 0. The van der Waals surface area contributed by atoms with Crippen LogP contribution in [0.2, 0.25) is 0 Å². The van der Waals surface area contributed by atoms with Crippen LogP contribution in [0, 0.1) is 0 Å². The van der Waals surface area contributed by atoms with Crippen molar-refractivity contribution >= 4 is 45.6 Å². The van der Waals surface area contributed by atoms with Crippen molar-refractivity contribution in [3.63, 3.8) is 0 Å². The van der Waals surface area contributed by atoms with E-state index < -0.39 is 0 Å². The fraction of sp³-hybridized carbons (Fsp3) is 0.190. The van der Waals surface area contributed by atoms with E-state index in [0.29, 0.717) is 16.3 Å². The maximum atomic E-state index is 12.5. The minimum atomic E-state index is -0.285. The second-order valence-corrected chi connectivity index (χ2v) is 7.70. The average molecular weight is 403 g/mol. The summed E-state index contributed by atoms with van der Waals surface area (Å²) in [6.45, 7) is 2.94. The lowest BCUT2D eigenvalue weighted by atomic mass is 10.1. The summed E-state index contributed by atoms with van der Waals surface area (Å²) in [5, 5.41) is 10.1. The minimum absolute atomic E-state index is 0.146. The highest BCUT2D eigenvalue weighted by Gasteiger charge is 2.35. The third-order valence-electron chi connectivity index (χ3n) is 5.00. The number of nitrogens with zero attached hydrogens (tertiary/aromatic N) is 5. The van der Waals surface area contributed by atoms with Crippen LogP contribution in [0.15, 0.2) is 53.7 Å². The second kappa shape index (κ2) is 6.97. The lowest BCUT2D eigenvalue weighted by molar-refractivity contribution is 0.0684. The first-order valence-electron chi connectivity index (χ1n) is 9.38. The smallest absolute Gasteiger partial charge is 0.262 e. The zero-order valence-electron chi connectivity index (χ0n) is 15.7. The maximum Gasteiger partial charge on any atom is 0.262 e. The number of hydrogen-bond donors (Lipinski definition) is 0. The SMILES string of the molecule is CCCn1c2ccccc2c2nnc(SCN3C(=O)c4ccccc4C3=O)nc21. The Bertz CT molecular complexity index is 1250. The summed E-state index contributed by atoms with van der Waals surface area (Å²) < 4.78 is 2.14. The van der Waals surface area contributed by atoms with Crippen molar-refractivity contribution < 1.29 is 9.59 Å². The van der Waals surface area contributed by atoms with E-state index >= 15 is 0 Å². The first kappa shape index (κ1) is 17.8. The van der Waals surface area contributed by atoms with E-state index in [4.69, 9.17) is 4.98 Å². The van der Waals surface area contributed by atoms with E-state index in [-0.39, 0.29) is 17.7 Å². The molecule has 0 aliphatic carbocycles. The summed E-state index contributed by atoms with van der Waals surface area (Å²) in [6, 6.07) is 14.9. The molecular formula is C21H17N5O2S. The molecule has 0 saturated heterocycles. The molecule has 2 amide bonds. The number of hydrogen-bond acceptors (Lipinski definition) is 6. The first-order chi connectivity index (χ1) is 14.2. The first-order valence-corrected chi connectivity index (χ1v) is 10.4. The van der Waals surface area contributed by atoms with Crippen molar-refractivity contribution in [2.45, 2.75) is 25.0 Å². The van der Waals surface area contributed by atoms with Gasteiger partial charge in [0, 0.05) is 11.9 Å². The zero-order chi connectivity index (χ0) is 20.0. The van der Waals surface area contributed by atoms with Gasteiger partial charge in [-0.2, -0.15) is 0 Å². The van der Waals surface area contributed by atoms with Gasteiger partial charge in [-0.1, -0.05) is 49.0 Å². The Morgan fingerprint density at radius 1 is 0.931 bits per heavy atom. The Labute approximate surface area is 170 Å². The van der Waals surface area contributed by atoms with Gasteiger partial charge in [-0.3, -0.25) is 14.5 Å². The molecule has 144 valence electrons. The lowest BCUT2D eigenvalue weighted by Gasteiger charge is -2.12. The predicted molar refractivity (Wildman–Crippen MR) is 111 cm³/mol. The molecule has 0 fully saturated rings. The third-order valence-corrected chi connectivity index (χ3v) is 5.82. The molecule has 0 N–H and O–H groups in total. The van der Waals surface area contributed by atoms with Crippen LogP contribution in [0.4, 0.5) is 0 Å². The highest BCUT2D eigenvalue weighted by molar-refractivity contribution is 7.99. The van der Waals surface area contributed by atoms with Gasteiger partial charge in [0.05, 0.1) is 22.5 Å². The molecule has 0 saturated carbocycles. The Morgan fingerprint density at radius 3 is 2.34 bits per heavy atom. The summed E-state index contributed by atoms with van der Waals surface area (Å²) in [4.78, 5) is 31.0. The summed E-state index contributed by atoms with van der Waals surface area (Å²) in [5.74, 6) is -0.424. The molecule has 1 aliphatic heterocycles. The van der Waals surface area contributed by atoms with E-state index in [9.17, 15) is 9.59 Å². The lowest BCUT2D eigenvalue weighted by Crippen LogP contribution is -2.29. The van der Waals surface area contributed by atoms with E-state index in [1.54, 1.807) is 24.3 Å². The number of fused-ring (bicyclic) bond motifs is 4. The molecule has 4 aromatic rings. The number of benzene rings is 2. The normalized spacial score (nSPS) is 13.6. The zero-order valence-corrected chi connectivity index (χ0v) is 16.5. The number of rotatable bonds is 5. The molecule has 0 spiro atoms. The summed E-state index contributed by atoms with van der Waals surface area (Å²) >= 11 is 1.23. The number of para-hydroxylation sites is 1. The number of aryl methyl sites for hydroxylation is 1. The van der Waals surface area contributed by atoms with E-state index in [1.807, 2.05) is 18.2 Å². The predicted octanol–water partition coefficient (Wildman–Crippen LogP) is 3.74. The van der Waals surface area contributed by atoms with Crippen LogP contribution in [-0.4, -0.2) is 42.3 Å². The Hall–Kier alpha value is -3.26. The average Bonchev–Trinajstić information content (AvgIpc) is 3.19. The number of imide groups is 1. The van der Waals surface area contributed by atoms with Crippen LogP contribution in [0.5, 0.6) is 0 Å². The highest BCUT2D eigenvalue weighted by atomic mass is 32.2. The molecule has 5 rings (SSSR count). The Kier molecular flexibility index (Phi) is 4.28. The number of thioether (sulfide) groups is 1. The van der Waals surface area contributed by atoms with Gasteiger partial charge in [0.2, 0.25) is 5.16 Å². The van der Waals surface area contributed by atoms with Gasteiger partial charge in [0.1, 0.15) is 5.52 Å². The minimum Gasteiger partial charge on any atom is -0.324 e. The molecule has 0 atom stereocenters. The number of aromatic nitrogens is 4. The van der Waals surface area contributed by atoms with Crippen molar-refractivity contribution in [3.05, 3.63) is 59.7 Å². The van der Waals surface area contributed by atoms with Gasteiger partial charge in [-0.05, 0) is 24.6 Å². The topological polar surface area (TPSA) is 81.0 Å². The Balaban J connectivity index is 1.46. The van der Waals surface area contributed by atoms with Crippen LogP contribution in [0.3, 0.4) is 0 Å². The van der Waals surface area contributed by atoms with Crippen LogP contribution in [-0.2, 0) is 6.54 Å².